The van der Waals surface area contributed by atoms with Gasteiger partial charge in [0.25, 0.3) is 0 Å². The van der Waals surface area contributed by atoms with Crippen molar-refractivity contribution in [1.82, 2.24) is 0 Å². The van der Waals surface area contributed by atoms with Gasteiger partial charge in [0.05, 0.1) is 13.2 Å². The zero-order valence-electron chi connectivity index (χ0n) is 18.4. The van der Waals surface area contributed by atoms with Gasteiger partial charge in [-0.25, -0.2) is 4.79 Å². The molecular formula is C25H26ClNO4S. The summed E-state index contributed by atoms with van der Waals surface area (Å²) in [5, 5.41) is 5.92. The lowest BCUT2D eigenvalue weighted by Gasteiger charge is -2.11. The van der Waals surface area contributed by atoms with Gasteiger partial charge >= 0.3 is 5.97 Å². The lowest BCUT2D eigenvalue weighted by atomic mass is 9.97. The molecule has 0 atom stereocenters. The molecule has 0 bridgehead atoms. The van der Waals surface area contributed by atoms with Crippen LogP contribution in [0.4, 0.5) is 5.00 Å². The Morgan fingerprint density at radius 3 is 2.50 bits per heavy atom. The van der Waals surface area contributed by atoms with E-state index in [1.807, 2.05) is 31.4 Å². The van der Waals surface area contributed by atoms with Gasteiger partial charge in [0.15, 0.2) is 0 Å². The first-order chi connectivity index (χ1) is 15.4. The van der Waals surface area contributed by atoms with E-state index in [0.717, 1.165) is 22.3 Å². The number of thiophene rings is 1. The van der Waals surface area contributed by atoms with Crippen LogP contribution in [0.1, 0.15) is 41.3 Å². The number of amides is 1. The Morgan fingerprint density at radius 1 is 1.06 bits per heavy atom. The molecular weight excluding hydrogens is 446 g/mol. The van der Waals surface area contributed by atoms with Crippen LogP contribution >= 0.6 is 22.9 Å². The molecule has 3 rings (SSSR count). The van der Waals surface area contributed by atoms with E-state index in [2.05, 4.69) is 11.4 Å². The van der Waals surface area contributed by atoms with Gasteiger partial charge in [-0.15, -0.1) is 11.3 Å². The summed E-state index contributed by atoms with van der Waals surface area (Å²) >= 11 is 7.19. The second-order valence-electron chi connectivity index (χ2n) is 7.35. The van der Waals surface area contributed by atoms with Crippen molar-refractivity contribution in [2.45, 2.75) is 33.6 Å². The molecule has 0 aliphatic rings. The Bertz CT molecular complexity index is 1090. The number of nitrogens with one attached hydrogen (secondary N) is 1. The molecule has 0 saturated heterocycles. The minimum Gasteiger partial charge on any atom is -0.494 e. The highest BCUT2D eigenvalue weighted by atomic mass is 35.5. The fraction of sp³-hybridized carbons (Fsp3) is 0.280. The molecule has 0 saturated carbocycles. The second kappa shape index (κ2) is 11.2. The fourth-order valence-corrected chi connectivity index (χ4v) is 4.40. The summed E-state index contributed by atoms with van der Waals surface area (Å²) in [4.78, 5) is 25.3. The number of hydrogen-bond acceptors (Lipinski definition) is 5. The molecule has 5 nitrogen and oxygen atoms in total. The first-order valence-electron chi connectivity index (χ1n) is 10.4. The maximum absolute atomic E-state index is 12.7. The number of benzene rings is 2. The van der Waals surface area contributed by atoms with Gasteiger partial charge in [-0.2, -0.15) is 0 Å². The number of carbonyl (C=O) groups is 2. The average Bonchev–Trinajstić information content (AvgIpc) is 3.16. The van der Waals surface area contributed by atoms with Crippen LogP contribution in [-0.4, -0.2) is 25.1 Å². The zero-order valence-corrected chi connectivity index (χ0v) is 19.9. The summed E-state index contributed by atoms with van der Waals surface area (Å²) in [6.07, 6.45) is 0.811. The lowest BCUT2D eigenvalue weighted by Crippen LogP contribution is -2.15. The van der Waals surface area contributed by atoms with Crippen molar-refractivity contribution >= 4 is 39.8 Å². The predicted octanol–water partition coefficient (Wildman–Crippen LogP) is 6.66. The monoisotopic (exact) mass is 471 g/mol. The van der Waals surface area contributed by atoms with Crippen molar-refractivity contribution in [2.24, 2.45) is 0 Å². The van der Waals surface area contributed by atoms with Crippen molar-refractivity contribution in [3.8, 4) is 16.9 Å². The smallest absolute Gasteiger partial charge is 0.341 e. The Morgan fingerprint density at radius 2 is 1.81 bits per heavy atom. The van der Waals surface area contributed by atoms with Crippen LogP contribution < -0.4 is 10.1 Å². The molecule has 0 radical (unpaired) electrons. The van der Waals surface area contributed by atoms with E-state index < -0.39 is 5.97 Å². The minimum absolute atomic E-state index is 0.177. The van der Waals surface area contributed by atoms with Gasteiger partial charge in [0, 0.05) is 22.4 Å². The number of halogens is 1. The van der Waals surface area contributed by atoms with Crippen LogP contribution in [-0.2, 0) is 9.53 Å². The van der Waals surface area contributed by atoms with Crippen molar-refractivity contribution in [3.05, 3.63) is 69.6 Å². The van der Waals surface area contributed by atoms with Gasteiger partial charge in [0.1, 0.15) is 16.3 Å². The highest BCUT2D eigenvalue weighted by Crippen LogP contribution is 2.38. The van der Waals surface area contributed by atoms with E-state index in [4.69, 9.17) is 21.1 Å². The zero-order chi connectivity index (χ0) is 23.1. The van der Waals surface area contributed by atoms with Crippen LogP contribution in [0.15, 0.2) is 47.8 Å². The SMILES string of the molecule is CCOC(=O)c1c(-c2ccc(C)cc2C)csc1NC(=O)CCCOc1ccc(Cl)cc1. The molecule has 1 amide bonds. The third kappa shape index (κ3) is 6.11. The molecule has 32 heavy (non-hydrogen) atoms. The summed E-state index contributed by atoms with van der Waals surface area (Å²) in [6, 6.07) is 13.2. The number of anilines is 1. The van der Waals surface area contributed by atoms with E-state index >= 15 is 0 Å². The highest BCUT2D eigenvalue weighted by molar-refractivity contribution is 7.15. The first kappa shape index (κ1) is 23.8. The number of carbonyl (C=O) groups excluding carboxylic acids is 2. The highest BCUT2D eigenvalue weighted by Gasteiger charge is 2.23. The van der Waals surface area contributed by atoms with Gasteiger partial charge in [0.2, 0.25) is 5.91 Å². The molecule has 1 aromatic heterocycles. The van der Waals surface area contributed by atoms with Crippen LogP contribution in [0.25, 0.3) is 11.1 Å². The molecule has 3 aromatic rings. The third-order valence-corrected chi connectivity index (χ3v) is 5.97. The largest absolute Gasteiger partial charge is 0.494 e. The fourth-order valence-electron chi connectivity index (χ4n) is 3.31. The van der Waals surface area contributed by atoms with Gasteiger partial charge in [-0.05, 0) is 62.6 Å². The van der Waals surface area contributed by atoms with Crippen LogP contribution in [0.5, 0.6) is 5.75 Å². The number of aryl methyl sites for hydroxylation is 2. The van der Waals surface area contributed by atoms with Gasteiger partial charge in [-0.3, -0.25) is 4.79 Å². The topological polar surface area (TPSA) is 64.6 Å². The average molecular weight is 472 g/mol. The molecule has 0 spiro atoms. The molecule has 1 heterocycles. The van der Waals surface area contributed by atoms with Crippen molar-refractivity contribution < 1.29 is 19.1 Å². The summed E-state index contributed by atoms with van der Waals surface area (Å²) in [5.41, 5.74) is 4.33. The quantitative estimate of drug-likeness (QED) is 0.280. The van der Waals surface area contributed by atoms with E-state index in [0.29, 0.717) is 34.4 Å². The van der Waals surface area contributed by atoms with Crippen LogP contribution in [0.2, 0.25) is 5.02 Å². The molecule has 1 N–H and O–H groups in total. The molecule has 0 aliphatic heterocycles. The molecule has 0 aliphatic carbocycles. The van der Waals surface area contributed by atoms with Crippen LogP contribution in [0, 0.1) is 13.8 Å². The Kier molecular flexibility index (Phi) is 8.31. The number of esters is 1. The second-order valence-corrected chi connectivity index (χ2v) is 8.66. The normalized spacial score (nSPS) is 10.6. The third-order valence-electron chi connectivity index (χ3n) is 4.83. The van der Waals surface area contributed by atoms with Crippen molar-refractivity contribution in [3.63, 3.8) is 0 Å². The molecule has 0 fully saturated rings. The molecule has 2 aromatic carbocycles. The first-order valence-corrected chi connectivity index (χ1v) is 11.7. The maximum atomic E-state index is 12.7. The van der Waals surface area contributed by atoms with Crippen LogP contribution in [0.3, 0.4) is 0 Å². The van der Waals surface area contributed by atoms with E-state index in [9.17, 15) is 9.59 Å². The van der Waals surface area contributed by atoms with Crippen molar-refractivity contribution in [2.75, 3.05) is 18.5 Å². The predicted molar refractivity (Wildman–Crippen MR) is 130 cm³/mol. The van der Waals surface area contributed by atoms with E-state index in [-0.39, 0.29) is 18.9 Å². The summed E-state index contributed by atoms with van der Waals surface area (Å²) < 4.78 is 10.9. The number of rotatable bonds is 9. The Hall–Kier alpha value is -2.83. The lowest BCUT2D eigenvalue weighted by molar-refractivity contribution is -0.116. The number of ether oxygens (including phenoxy) is 2. The minimum atomic E-state index is -0.440. The Labute approximate surface area is 197 Å². The maximum Gasteiger partial charge on any atom is 0.341 e. The Balaban J connectivity index is 1.68. The van der Waals surface area contributed by atoms with Gasteiger partial charge < -0.3 is 14.8 Å². The molecule has 168 valence electrons. The van der Waals surface area contributed by atoms with E-state index in [1.165, 1.54) is 11.3 Å². The molecule has 0 unspecified atom stereocenters. The summed E-state index contributed by atoms with van der Waals surface area (Å²) in [7, 11) is 0. The van der Waals surface area contributed by atoms with Gasteiger partial charge in [-0.1, -0.05) is 35.4 Å². The van der Waals surface area contributed by atoms with Crippen molar-refractivity contribution in [1.29, 1.82) is 0 Å². The standard InChI is InChI=1S/C25H26ClNO4S/c1-4-30-25(29)23-21(20-12-7-16(2)14-17(20)3)15-32-24(23)27-22(28)6-5-13-31-19-10-8-18(26)9-11-19/h7-12,14-15H,4-6,13H2,1-3H3,(H,27,28). The van der Waals surface area contributed by atoms with E-state index in [1.54, 1.807) is 31.2 Å². The number of hydrogen-bond donors (Lipinski definition) is 1. The molecule has 7 heteroatoms. The summed E-state index contributed by atoms with van der Waals surface area (Å²) in [5.74, 6) is 0.0881. The summed E-state index contributed by atoms with van der Waals surface area (Å²) in [6.45, 7) is 6.46.